The van der Waals surface area contributed by atoms with Gasteiger partial charge in [-0.15, -0.1) is 0 Å². The van der Waals surface area contributed by atoms with Gasteiger partial charge in [0.15, 0.2) is 0 Å². The normalized spacial score (nSPS) is 9.00. The van der Waals surface area contributed by atoms with Crippen molar-refractivity contribution in [3.63, 3.8) is 0 Å². The Hall–Kier alpha value is -1.02. The predicted molar refractivity (Wildman–Crippen MR) is 29.0 cm³/mol. The molecule has 10 heavy (non-hydrogen) atoms. The second-order valence-corrected chi connectivity index (χ2v) is 1.51. The van der Waals surface area contributed by atoms with Gasteiger partial charge in [-0.1, -0.05) is 0 Å². The van der Waals surface area contributed by atoms with Crippen molar-refractivity contribution in [1.29, 1.82) is 0 Å². The predicted octanol–water partition coefficient (Wildman–Crippen LogP) is 0.818. The van der Waals surface area contributed by atoms with Crippen LogP contribution in [0.5, 0.6) is 0 Å². The fraction of sp³-hybridized carbons (Fsp3) is 0. The van der Waals surface area contributed by atoms with E-state index in [2.05, 4.69) is 25.8 Å². The number of carbonyl (C=O) groups is 2. The van der Waals surface area contributed by atoms with Gasteiger partial charge in [0.05, 0.1) is 0 Å². The van der Waals surface area contributed by atoms with E-state index >= 15 is 0 Å². The summed E-state index contributed by atoms with van der Waals surface area (Å²) < 4.78 is 0.0116. The Morgan fingerprint density at radius 3 is 1.70 bits per heavy atom. The molecule has 0 unspecified atom stereocenters. The van der Waals surface area contributed by atoms with E-state index in [1.165, 1.54) is 0 Å². The molecule has 0 aromatic carbocycles. The molecule has 0 bridgehead atoms. The van der Waals surface area contributed by atoms with Gasteiger partial charge in [0.2, 0.25) is 0 Å². The molecule has 0 aliphatic rings. The number of rotatable bonds is 2. The summed E-state index contributed by atoms with van der Waals surface area (Å²) in [6, 6.07) is 0. The molecule has 0 rings (SSSR count). The Morgan fingerprint density at radius 2 is 1.50 bits per heavy atom. The zero-order valence-electron chi connectivity index (χ0n) is 4.35. The van der Waals surface area contributed by atoms with Crippen LogP contribution < -0.4 is 0 Å². The van der Waals surface area contributed by atoms with E-state index in [9.17, 15) is 9.59 Å². The van der Waals surface area contributed by atoms with Crippen molar-refractivity contribution in [3.05, 3.63) is 0 Å². The molecule has 0 radical (unpaired) electrons. The van der Waals surface area contributed by atoms with Gasteiger partial charge in [-0.2, -0.15) is 0 Å². The standard InChI is InChI=1S/C2H2BrNO6/c3-4(9-1(5)6)10-2(7)8/h(H,5,6)(H,7,8). The molecule has 2 N–H and O–H groups in total. The lowest BCUT2D eigenvalue weighted by Crippen LogP contribution is -2.19. The van der Waals surface area contributed by atoms with Gasteiger partial charge in [-0.3, -0.25) is 9.68 Å². The molecule has 0 spiro atoms. The van der Waals surface area contributed by atoms with Gasteiger partial charge in [-0.05, 0) is 0 Å². The number of hydrogen-bond donors (Lipinski definition) is 2. The fourth-order valence-electron chi connectivity index (χ4n) is 0.141. The summed E-state index contributed by atoms with van der Waals surface area (Å²) in [5.74, 6) is 0. The van der Waals surface area contributed by atoms with Crippen molar-refractivity contribution in [2.75, 3.05) is 0 Å². The van der Waals surface area contributed by atoms with Crippen molar-refractivity contribution >= 4 is 28.5 Å². The summed E-state index contributed by atoms with van der Waals surface area (Å²) in [7, 11) is 0. The molecule has 7 nitrogen and oxygen atoms in total. The first kappa shape index (κ1) is 8.98. The van der Waals surface area contributed by atoms with Gasteiger partial charge in [0.1, 0.15) is 20.4 Å². The molecule has 0 aromatic rings. The van der Waals surface area contributed by atoms with Gasteiger partial charge < -0.3 is 10.2 Å². The average Bonchev–Trinajstić information content (AvgIpc) is 1.58. The van der Waals surface area contributed by atoms with Crippen LogP contribution in [-0.2, 0) is 9.68 Å². The van der Waals surface area contributed by atoms with Crippen LogP contribution in [-0.4, -0.2) is 26.8 Å². The first-order valence-corrected chi connectivity index (χ1v) is 2.51. The van der Waals surface area contributed by atoms with E-state index in [0.717, 1.165) is 0 Å². The Morgan fingerprint density at radius 1 is 1.20 bits per heavy atom. The lowest BCUT2D eigenvalue weighted by molar-refractivity contribution is -0.224. The second-order valence-electron chi connectivity index (χ2n) is 0.927. The lowest BCUT2D eigenvalue weighted by atomic mass is 11.4. The van der Waals surface area contributed by atoms with Crippen LogP contribution in [0.15, 0.2) is 0 Å². The fourth-order valence-corrected chi connectivity index (χ4v) is 0.389. The third kappa shape index (κ3) is 5.12. The second kappa shape index (κ2) is 3.90. The molecule has 8 heteroatoms. The average molecular weight is 216 g/mol. The molecule has 0 heterocycles. The minimum absolute atomic E-state index is 0.0116. The van der Waals surface area contributed by atoms with Crippen LogP contribution in [0.1, 0.15) is 0 Å². The maximum atomic E-state index is 9.62. The summed E-state index contributed by atoms with van der Waals surface area (Å²) in [5, 5.41) is 15.7. The molecular weight excluding hydrogens is 214 g/mol. The van der Waals surface area contributed by atoms with Crippen LogP contribution in [0.25, 0.3) is 0 Å². The van der Waals surface area contributed by atoms with E-state index in [-0.39, 0.29) is 4.25 Å². The van der Waals surface area contributed by atoms with Gasteiger partial charge in [-0.25, -0.2) is 9.59 Å². The lowest BCUT2D eigenvalue weighted by Gasteiger charge is -2.05. The number of halogens is 1. The Kier molecular flexibility index (Phi) is 3.51. The van der Waals surface area contributed by atoms with Crippen molar-refractivity contribution in [1.82, 2.24) is 4.25 Å². The molecule has 0 aromatic heterocycles. The maximum Gasteiger partial charge on any atom is 0.528 e. The molecule has 0 saturated heterocycles. The highest BCUT2D eigenvalue weighted by Crippen LogP contribution is 2.00. The Balaban J connectivity index is 3.53. The van der Waals surface area contributed by atoms with Gasteiger partial charge >= 0.3 is 12.3 Å². The number of carboxylic acid groups (broad SMARTS) is 2. The Labute approximate surface area is 63.0 Å². The van der Waals surface area contributed by atoms with Crippen LogP contribution in [0.4, 0.5) is 9.59 Å². The van der Waals surface area contributed by atoms with Crippen LogP contribution >= 0.6 is 16.1 Å². The van der Waals surface area contributed by atoms with Crippen LogP contribution in [0, 0.1) is 0 Å². The van der Waals surface area contributed by atoms with Gasteiger partial charge in [0, 0.05) is 0 Å². The van der Waals surface area contributed by atoms with E-state index in [1.54, 1.807) is 0 Å². The molecule has 0 saturated carbocycles. The third-order valence-electron chi connectivity index (χ3n) is 0.300. The maximum absolute atomic E-state index is 9.62. The molecule has 0 aliphatic heterocycles. The summed E-state index contributed by atoms with van der Waals surface area (Å²) >= 11 is 2.31. The zero-order chi connectivity index (χ0) is 8.15. The van der Waals surface area contributed by atoms with E-state index in [4.69, 9.17) is 10.2 Å². The van der Waals surface area contributed by atoms with Crippen molar-refractivity contribution in [2.45, 2.75) is 0 Å². The SMILES string of the molecule is O=C(O)ON(Br)OC(=O)O. The first-order chi connectivity index (χ1) is 4.52. The minimum Gasteiger partial charge on any atom is -0.448 e. The molecule has 0 atom stereocenters. The third-order valence-corrected chi connectivity index (χ3v) is 0.589. The smallest absolute Gasteiger partial charge is 0.448 e. The first-order valence-electron chi connectivity index (χ1n) is 1.80. The van der Waals surface area contributed by atoms with Crippen molar-refractivity contribution < 1.29 is 29.5 Å². The number of hydrogen-bond acceptors (Lipinski definition) is 5. The molecular formula is C2H2BrNO6. The molecule has 0 aliphatic carbocycles. The highest BCUT2D eigenvalue weighted by atomic mass is 79.9. The van der Waals surface area contributed by atoms with Crippen molar-refractivity contribution in [3.8, 4) is 0 Å². The highest BCUT2D eigenvalue weighted by Gasteiger charge is 2.10. The van der Waals surface area contributed by atoms with E-state index in [0.29, 0.717) is 0 Å². The summed E-state index contributed by atoms with van der Waals surface area (Å²) in [6.45, 7) is 0. The summed E-state index contributed by atoms with van der Waals surface area (Å²) in [5.41, 5.74) is 0. The van der Waals surface area contributed by atoms with Crippen LogP contribution in [0.2, 0.25) is 0 Å². The number of nitrogens with zero attached hydrogens (tertiary/aromatic N) is 1. The van der Waals surface area contributed by atoms with Crippen LogP contribution in [0.3, 0.4) is 0 Å². The Bertz CT molecular complexity index is 131. The van der Waals surface area contributed by atoms with Crippen molar-refractivity contribution in [2.24, 2.45) is 0 Å². The molecule has 0 amide bonds. The monoisotopic (exact) mass is 215 g/mol. The quantitative estimate of drug-likeness (QED) is 0.520. The summed E-state index contributed by atoms with van der Waals surface area (Å²) in [6.07, 6.45) is -3.39. The van der Waals surface area contributed by atoms with E-state index < -0.39 is 12.3 Å². The summed E-state index contributed by atoms with van der Waals surface area (Å²) in [4.78, 5) is 26.5. The largest absolute Gasteiger partial charge is 0.528 e. The molecule has 0 fully saturated rings. The zero-order valence-corrected chi connectivity index (χ0v) is 5.94. The minimum atomic E-state index is -1.70. The van der Waals surface area contributed by atoms with E-state index in [1.807, 2.05) is 0 Å². The van der Waals surface area contributed by atoms with Gasteiger partial charge in [0.25, 0.3) is 0 Å². The molecule has 58 valence electrons. The topological polar surface area (TPSA) is 96.3 Å². The highest BCUT2D eigenvalue weighted by molar-refractivity contribution is 9.07.